The normalized spacial score (nSPS) is 21.4. The molecule has 0 aliphatic carbocycles. The number of amides is 1. The summed E-state index contributed by atoms with van der Waals surface area (Å²) in [4.78, 5) is 16.9. The number of nitrogens with zero attached hydrogens (tertiary/aromatic N) is 4. The van der Waals surface area contributed by atoms with Crippen molar-refractivity contribution in [2.45, 2.75) is 37.8 Å². The number of likely N-dealkylation sites (tertiary alicyclic amines) is 1. The number of halogens is 2. The van der Waals surface area contributed by atoms with Gasteiger partial charge in [-0.25, -0.2) is 13.3 Å². The summed E-state index contributed by atoms with van der Waals surface area (Å²) in [6.07, 6.45) is 6.59. The molecular formula is C23H24F2N4O2. The van der Waals surface area contributed by atoms with Crippen molar-refractivity contribution < 1.29 is 18.7 Å². The smallest absolute Gasteiger partial charge is 0.258 e. The molecule has 0 radical (unpaired) electrons. The van der Waals surface area contributed by atoms with Gasteiger partial charge in [0.25, 0.3) is 5.91 Å². The highest BCUT2D eigenvalue weighted by atomic mass is 19.1. The second-order valence-corrected chi connectivity index (χ2v) is 8.27. The molecule has 5 rings (SSSR count). The van der Waals surface area contributed by atoms with E-state index in [1.807, 2.05) is 12.1 Å². The summed E-state index contributed by atoms with van der Waals surface area (Å²) < 4.78 is 29.9. The monoisotopic (exact) mass is 426 g/mol. The SMILES string of the molecule is O=C(c1cnn2ccc(N3CCC[C@@H]3c3cc(F)ccc3F)cc12)N1CCC[C@@H]1CO. The second-order valence-electron chi connectivity index (χ2n) is 8.27. The molecular weight excluding hydrogens is 402 g/mol. The lowest BCUT2D eigenvalue weighted by Crippen LogP contribution is -2.37. The fraction of sp³-hybridized carbons (Fsp3) is 0.391. The summed E-state index contributed by atoms with van der Waals surface area (Å²) in [7, 11) is 0. The highest BCUT2D eigenvalue weighted by Crippen LogP contribution is 2.38. The van der Waals surface area contributed by atoms with Gasteiger partial charge in [0, 0.05) is 30.5 Å². The third-order valence-corrected chi connectivity index (χ3v) is 6.49. The number of benzene rings is 1. The third kappa shape index (κ3) is 3.44. The first-order chi connectivity index (χ1) is 15.1. The standard InChI is InChI=1S/C23H24F2N4O2/c24-15-5-6-20(25)18(11-15)21-4-2-8-27(21)16-7-10-29-22(12-16)19(13-26-29)23(31)28-9-1-3-17(28)14-30/h5-7,10-13,17,21,30H,1-4,8-9,14H2/t17-,21-/m1/s1. The van der Waals surface area contributed by atoms with Gasteiger partial charge in [-0.05, 0) is 56.0 Å². The number of rotatable bonds is 4. The van der Waals surface area contributed by atoms with Gasteiger partial charge in [-0.1, -0.05) is 0 Å². The van der Waals surface area contributed by atoms with Gasteiger partial charge in [0.05, 0.1) is 36.0 Å². The lowest BCUT2D eigenvalue weighted by Gasteiger charge is -2.28. The number of hydrogen-bond acceptors (Lipinski definition) is 4. The highest BCUT2D eigenvalue weighted by molar-refractivity contribution is 6.01. The van der Waals surface area contributed by atoms with Crippen LogP contribution >= 0.6 is 0 Å². The molecule has 0 bridgehead atoms. The van der Waals surface area contributed by atoms with Crippen LogP contribution < -0.4 is 4.90 Å². The van der Waals surface area contributed by atoms with Crippen LogP contribution in [0.5, 0.6) is 0 Å². The van der Waals surface area contributed by atoms with E-state index < -0.39 is 11.6 Å². The molecule has 31 heavy (non-hydrogen) atoms. The van der Waals surface area contributed by atoms with Crippen LogP contribution in [0.15, 0.2) is 42.7 Å². The van der Waals surface area contributed by atoms with Gasteiger partial charge < -0.3 is 14.9 Å². The van der Waals surface area contributed by atoms with Gasteiger partial charge in [-0.15, -0.1) is 0 Å². The van der Waals surface area contributed by atoms with E-state index in [4.69, 9.17) is 0 Å². The molecule has 162 valence electrons. The summed E-state index contributed by atoms with van der Waals surface area (Å²) in [5.74, 6) is -1.01. The Morgan fingerprint density at radius 3 is 2.81 bits per heavy atom. The number of hydrogen-bond donors (Lipinski definition) is 1. The average molecular weight is 426 g/mol. The number of aliphatic hydroxyl groups is 1. The molecule has 2 aliphatic heterocycles. The Labute approximate surface area is 178 Å². The molecule has 1 aromatic carbocycles. The molecule has 0 saturated carbocycles. The summed E-state index contributed by atoms with van der Waals surface area (Å²) in [6.45, 7) is 1.28. The number of carbonyl (C=O) groups is 1. The Hall–Kier alpha value is -3.00. The van der Waals surface area contributed by atoms with Gasteiger partial charge >= 0.3 is 0 Å². The maximum absolute atomic E-state index is 14.4. The first-order valence-electron chi connectivity index (χ1n) is 10.7. The summed E-state index contributed by atoms with van der Waals surface area (Å²) in [5.41, 5.74) is 2.34. The van der Waals surface area contributed by atoms with Gasteiger partial charge in [0.2, 0.25) is 0 Å². The minimum Gasteiger partial charge on any atom is -0.394 e. The Morgan fingerprint density at radius 1 is 1.13 bits per heavy atom. The van der Waals surface area contributed by atoms with E-state index in [1.54, 1.807) is 21.8 Å². The molecule has 1 N–H and O–H groups in total. The topological polar surface area (TPSA) is 61.1 Å². The van der Waals surface area contributed by atoms with Gasteiger partial charge in [-0.3, -0.25) is 4.79 Å². The predicted octanol–water partition coefficient (Wildman–Crippen LogP) is 3.55. The van der Waals surface area contributed by atoms with E-state index in [2.05, 4.69) is 10.00 Å². The minimum atomic E-state index is -0.452. The predicted molar refractivity (Wildman–Crippen MR) is 112 cm³/mol. The van der Waals surface area contributed by atoms with E-state index in [1.165, 1.54) is 12.1 Å². The van der Waals surface area contributed by atoms with Crippen molar-refractivity contribution in [1.82, 2.24) is 14.5 Å². The summed E-state index contributed by atoms with van der Waals surface area (Å²) >= 11 is 0. The van der Waals surface area contributed by atoms with Crippen LogP contribution in [0.4, 0.5) is 14.5 Å². The van der Waals surface area contributed by atoms with Crippen molar-refractivity contribution in [3.8, 4) is 0 Å². The lowest BCUT2D eigenvalue weighted by atomic mass is 10.0. The molecule has 2 fully saturated rings. The molecule has 8 heteroatoms. The van der Waals surface area contributed by atoms with E-state index in [0.717, 1.165) is 37.4 Å². The quantitative estimate of drug-likeness (QED) is 0.693. The van der Waals surface area contributed by atoms with Crippen molar-refractivity contribution in [3.05, 3.63) is 65.5 Å². The number of carbonyl (C=O) groups excluding carboxylic acids is 1. The zero-order valence-corrected chi connectivity index (χ0v) is 17.0. The molecule has 0 spiro atoms. The van der Waals surface area contributed by atoms with Crippen molar-refractivity contribution in [1.29, 1.82) is 0 Å². The van der Waals surface area contributed by atoms with Crippen molar-refractivity contribution in [2.24, 2.45) is 0 Å². The van der Waals surface area contributed by atoms with E-state index in [0.29, 0.717) is 29.7 Å². The Balaban J connectivity index is 1.50. The number of anilines is 1. The van der Waals surface area contributed by atoms with E-state index >= 15 is 0 Å². The van der Waals surface area contributed by atoms with Crippen LogP contribution in [0.3, 0.4) is 0 Å². The van der Waals surface area contributed by atoms with Crippen molar-refractivity contribution >= 4 is 17.1 Å². The second kappa shape index (κ2) is 7.92. The summed E-state index contributed by atoms with van der Waals surface area (Å²) in [6, 6.07) is 6.92. The third-order valence-electron chi connectivity index (χ3n) is 6.49. The molecule has 0 unspecified atom stereocenters. The molecule has 2 aliphatic rings. The molecule has 2 saturated heterocycles. The van der Waals surface area contributed by atoms with Crippen LogP contribution in [-0.2, 0) is 0 Å². The average Bonchev–Trinajstić information content (AvgIpc) is 3.53. The Bertz CT molecular complexity index is 1130. The van der Waals surface area contributed by atoms with Crippen LogP contribution in [0.1, 0.15) is 47.6 Å². The minimum absolute atomic E-state index is 0.0507. The largest absolute Gasteiger partial charge is 0.394 e. The number of pyridine rings is 1. The number of aliphatic hydroxyl groups excluding tert-OH is 1. The first kappa shape index (κ1) is 19.9. The molecule has 2 atom stereocenters. The Kier molecular flexibility index (Phi) is 5.09. The zero-order valence-electron chi connectivity index (χ0n) is 17.0. The molecule has 4 heterocycles. The van der Waals surface area contributed by atoms with Crippen LogP contribution in [0, 0.1) is 11.6 Å². The van der Waals surface area contributed by atoms with Crippen molar-refractivity contribution in [2.75, 3.05) is 24.6 Å². The molecule has 2 aromatic heterocycles. The molecule has 6 nitrogen and oxygen atoms in total. The highest BCUT2D eigenvalue weighted by Gasteiger charge is 2.32. The molecule has 1 amide bonds. The maximum atomic E-state index is 14.4. The zero-order chi connectivity index (χ0) is 21.5. The van der Waals surface area contributed by atoms with Gasteiger partial charge in [-0.2, -0.15) is 5.10 Å². The van der Waals surface area contributed by atoms with Gasteiger partial charge in [0.1, 0.15) is 11.6 Å². The van der Waals surface area contributed by atoms with Crippen LogP contribution in [0.2, 0.25) is 0 Å². The maximum Gasteiger partial charge on any atom is 0.258 e. The lowest BCUT2D eigenvalue weighted by molar-refractivity contribution is 0.0679. The van der Waals surface area contributed by atoms with Crippen molar-refractivity contribution in [3.63, 3.8) is 0 Å². The number of fused-ring (bicyclic) bond motifs is 1. The molecule has 3 aromatic rings. The van der Waals surface area contributed by atoms with E-state index in [-0.39, 0.29) is 24.6 Å². The van der Waals surface area contributed by atoms with E-state index in [9.17, 15) is 18.7 Å². The first-order valence-corrected chi connectivity index (χ1v) is 10.7. The fourth-order valence-corrected chi connectivity index (χ4v) is 4.93. The Morgan fingerprint density at radius 2 is 1.97 bits per heavy atom. The van der Waals surface area contributed by atoms with Gasteiger partial charge in [0.15, 0.2) is 0 Å². The fourth-order valence-electron chi connectivity index (χ4n) is 4.93. The number of aromatic nitrogens is 2. The van der Waals surface area contributed by atoms with Crippen LogP contribution in [0.25, 0.3) is 5.52 Å². The van der Waals surface area contributed by atoms with Crippen LogP contribution in [-0.4, -0.2) is 51.3 Å². The summed E-state index contributed by atoms with van der Waals surface area (Å²) in [5, 5.41) is 13.9.